The predicted molar refractivity (Wildman–Crippen MR) is 138 cm³/mol. The maximum absolute atomic E-state index is 11.9. The Morgan fingerprint density at radius 1 is 0.912 bits per heavy atom. The lowest BCUT2D eigenvalue weighted by atomic mass is 9.80. The normalized spacial score (nSPS) is 21.3. The summed E-state index contributed by atoms with van der Waals surface area (Å²) in [5, 5.41) is 11.9. The first-order chi connectivity index (χ1) is 16.4. The molecule has 1 saturated carbocycles. The number of nitrogens with zero attached hydrogens (tertiary/aromatic N) is 1. The standard InChI is InChI=1S/C30H43NO3/c1-4-28(33-23-30(32,26-15-11-12-16-26)25-13-7-5-8-14-25)24-19-21-31(22-20-24)29(2,3)34-27-17-9-6-10-18-27/h5-10,13-14,17-18,24,26,28,32H,4,11-12,15-16,19-23H2,1-3H3. The van der Waals surface area contributed by atoms with E-state index in [-0.39, 0.29) is 17.7 Å². The minimum atomic E-state index is -0.891. The molecule has 1 saturated heterocycles. The molecule has 2 fully saturated rings. The molecule has 4 nitrogen and oxygen atoms in total. The molecule has 186 valence electrons. The summed E-state index contributed by atoms with van der Waals surface area (Å²) in [4.78, 5) is 2.45. The Hall–Kier alpha value is -1.88. The van der Waals surface area contributed by atoms with Crippen molar-refractivity contribution < 1.29 is 14.6 Å². The van der Waals surface area contributed by atoms with Crippen molar-refractivity contribution in [2.75, 3.05) is 19.7 Å². The molecule has 2 unspecified atom stereocenters. The fourth-order valence-corrected chi connectivity index (χ4v) is 6.04. The molecule has 0 bridgehead atoms. The second-order valence-electron chi connectivity index (χ2n) is 10.7. The van der Waals surface area contributed by atoms with Crippen LogP contribution in [-0.4, -0.2) is 41.5 Å². The van der Waals surface area contributed by atoms with E-state index in [9.17, 15) is 5.11 Å². The Bertz CT molecular complexity index is 857. The second kappa shape index (κ2) is 11.2. The van der Waals surface area contributed by atoms with Crippen molar-refractivity contribution >= 4 is 0 Å². The molecule has 0 aromatic heterocycles. The van der Waals surface area contributed by atoms with Gasteiger partial charge in [0.15, 0.2) is 5.72 Å². The summed E-state index contributed by atoms with van der Waals surface area (Å²) in [7, 11) is 0. The van der Waals surface area contributed by atoms with E-state index in [1.54, 1.807) is 0 Å². The minimum absolute atomic E-state index is 0.178. The first kappa shape index (κ1) is 25.2. The van der Waals surface area contributed by atoms with Crippen LogP contribution >= 0.6 is 0 Å². The number of hydrogen-bond acceptors (Lipinski definition) is 4. The molecule has 0 amide bonds. The monoisotopic (exact) mass is 465 g/mol. The number of piperidine rings is 1. The van der Waals surface area contributed by atoms with Crippen molar-refractivity contribution in [3.05, 3.63) is 66.2 Å². The number of ether oxygens (including phenoxy) is 2. The van der Waals surface area contributed by atoms with Gasteiger partial charge in [-0.05, 0) is 75.5 Å². The van der Waals surface area contributed by atoms with Gasteiger partial charge < -0.3 is 14.6 Å². The summed E-state index contributed by atoms with van der Waals surface area (Å²) in [6, 6.07) is 20.3. The topological polar surface area (TPSA) is 41.9 Å². The molecule has 0 spiro atoms. The van der Waals surface area contributed by atoms with Crippen molar-refractivity contribution in [2.24, 2.45) is 11.8 Å². The van der Waals surface area contributed by atoms with Gasteiger partial charge >= 0.3 is 0 Å². The predicted octanol–water partition coefficient (Wildman–Crippen LogP) is 6.39. The molecule has 2 aliphatic rings. The smallest absolute Gasteiger partial charge is 0.157 e. The molecule has 4 heteroatoms. The molecule has 34 heavy (non-hydrogen) atoms. The van der Waals surface area contributed by atoms with Crippen LogP contribution in [0.4, 0.5) is 0 Å². The van der Waals surface area contributed by atoms with Gasteiger partial charge in [-0.15, -0.1) is 0 Å². The van der Waals surface area contributed by atoms with Crippen molar-refractivity contribution in [3.8, 4) is 5.75 Å². The van der Waals surface area contributed by atoms with Gasteiger partial charge in [-0.3, -0.25) is 4.90 Å². The van der Waals surface area contributed by atoms with E-state index in [1.807, 2.05) is 48.5 Å². The van der Waals surface area contributed by atoms with Gasteiger partial charge in [0.25, 0.3) is 0 Å². The Labute approximate surface area is 206 Å². The highest BCUT2D eigenvalue weighted by Gasteiger charge is 2.41. The largest absolute Gasteiger partial charge is 0.473 e. The van der Waals surface area contributed by atoms with Crippen LogP contribution < -0.4 is 4.74 Å². The number of benzene rings is 2. The van der Waals surface area contributed by atoms with Gasteiger partial charge in [-0.25, -0.2) is 0 Å². The van der Waals surface area contributed by atoms with Crippen LogP contribution in [0.5, 0.6) is 5.75 Å². The van der Waals surface area contributed by atoms with E-state index in [0.717, 1.165) is 56.5 Å². The fourth-order valence-electron chi connectivity index (χ4n) is 6.04. The van der Waals surface area contributed by atoms with Gasteiger partial charge in [-0.1, -0.05) is 68.3 Å². The Kier molecular flexibility index (Phi) is 8.34. The summed E-state index contributed by atoms with van der Waals surface area (Å²) in [5.74, 6) is 1.71. The van der Waals surface area contributed by atoms with Crippen LogP contribution in [0.25, 0.3) is 0 Å². The zero-order chi connectivity index (χ0) is 24.0. The quantitative estimate of drug-likeness (QED) is 0.442. The summed E-state index contributed by atoms with van der Waals surface area (Å²) in [5.41, 5.74) is -0.228. The molecule has 0 radical (unpaired) electrons. The Balaban J connectivity index is 1.36. The highest BCUT2D eigenvalue weighted by Crippen LogP contribution is 2.41. The molecular formula is C30H43NO3. The van der Waals surface area contributed by atoms with Crippen LogP contribution in [-0.2, 0) is 10.3 Å². The molecular weight excluding hydrogens is 422 g/mol. The summed E-state index contributed by atoms with van der Waals surface area (Å²) in [6.07, 6.45) is 7.91. The van der Waals surface area contributed by atoms with Crippen molar-refractivity contribution in [2.45, 2.75) is 83.1 Å². The number of likely N-dealkylation sites (tertiary alicyclic amines) is 1. The molecule has 1 aliphatic heterocycles. The summed E-state index contributed by atoms with van der Waals surface area (Å²) >= 11 is 0. The van der Waals surface area contributed by atoms with Crippen LogP contribution in [0.3, 0.4) is 0 Å². The van der Waals surface area contributed by atoms with E-state index >= 15 is 0 Å². The lowest BCUT2D eigenvalue weighted by molar-refractivity contribution is -0.132. The minimum Gasteiger partial charge on any atom is -0.473 e. The van der Waals surface area contributed by atoms with Gasteiger partial charge in [0.2, 0.25) is 0 Å². The molecule has 4 rings (SSSR count). The average Bonchev–Trinajstić information content (AvgIpc) is 3.41. The third-order valence-electron chi connectivity index (χ3n) is 8.16. The Morgan fingerprint density at radius 3 is 2.09 bits per heavy atom. The molecule has 1 heterocycles. The van der Waals surface area contributed by atoms with E-state index in [2.05, 4.69) is 37.8 Å². The maximum Gasteiger partial charge on any atom is 0.157 e. The van der Waals surface area contributed by atoms with Crippen LogP contribution in [0, 0.1) is 11.8 Å². The van der Waals surface area contributed by atoms with Crippen LogP contribution in [0.1, 0.15) is 71.3 Å². The lowest BCUT2D eigenvalue weighted by Gasteiger charge is -2.44. The molecule has 2 aromatic rings. The molecule has 1 aliphatic carbocycles. The summed E-state index contributed by atoms with van der Waals surface area (Å²) < 4.78 is 12.9. The highest BCUT2D eigenvalue weighted by atomic mass is 16.5. The number of aliphatic hydroxyl groups is 1. The van der Waals surface area contributed by atoms with Crippen LogP contribution in [0.15, 0.2) is 60.7 Å². The Morgan fingerprint density at radius 2 is 1.50 bits per heavy atom. The lowest BCUT2D eigenvalue weighted by Crippen LogP contribution is -2.53. The fraction of sp³-hybridized carbons (Fsp3) is 0.600. The number of para-hydroxylation sites is 1. The number of rotatable bonds is 10. The van der Waals surface area contributed by atoms with Gasteiger partial charge in [0.1, 0.15) is 11.4 Å². The second-order valence-corrected chi connectivity index (χ2v) is 10.7. The van der Waals surface area contributed by atoms with E-state index in [1.165, 1.54) is 12.8 Å². The zero-order valence-corrected chi connectivity index (χ0v) is 21.3. The summed E-state index contributed by atoms with van der Waals surface area (Å²) in [6.45, 7) is 8.93. The van der Waals surface area contributed by atoms with Gasteiger partial charge in [0.05, 0.1) is 12.7 Å². The highest BCUT2D eigenvalue weighted by molar-refractivity contribution is 5.24. The van der Waals surface area contributed by atoms with Crippen molar-refractivity contribution in [1.82, 2.24) is 4.90 Å². The van der Waals surface area contributed by atoms with E-state index in [0.29, 0.717) is 12.5 Å². The maximum atomic E-state index is 11.9. The number of hydrogen-bond donors (Lipinski definition) is 1. The van der Waals surface area contributed by atoms with Crippen LogP contribution in [0.2, 0.25) is 0 Å². The van der Waals surface area contributed by atoms with E-state index < -0.39 is 5.60 Å². The van der Waals surface area contributed by atoms with E-state index in [4.69, 9.17) is 9.47 Å². The average molecular weight is 466 g/mol. The third-order valence-corrected chi connectivity index (χ3v) is 8.16. The third kappa shape index (κ3) is 5.84. The molecule has 2 aromatic carbocycles. The van der Waals surface area contributed by atoms with Crippen molar-refractivity contribution in [1.29, 1.82) is 0 Å². The molecule has 1 N–H and O–H groups in total. The zero-order valence-electron chi connectivity index (χ0n) is 21.3. The first-order valence-corrected chi connectivity index (χ1v) is 13.3. The molecule has 2 atom stereocenters. The first-order valence-electron chi connectivity index (χ1n) is 13.3. The van der Waals surface area contributed by atoms with Gasteiger partial charge in [-0.2, -0.15) is 0 Å². The van der Waals surface area contributed by atoms with Gasteiger partial charge in [0, 0.05) is 13.1 Å². The SMILES string of the molecule is CCC(OCC(O)(c1ccccc1)C1CCCC1)C1CCN(C(C)(C)Oc2ccccc2)CC1. The van der Waals surface area contributed by atoms with Crippen molar-refractivity contribution in [3.63, 3.8) is 0 Å².